The maximum absolute atomic E-state index is 12.8. The second-order valence-electron chi connectivity index (χ2n) is 10.1. The van der Waals surface area contributed by atoms with E-state index in [0.29, 0.717) is 16.9 Å². The largest absolute Gasteiger partial charge is 0.478 e. The van der Waals surface area contributed by atoms with E-state index < -0.39 is 17.4 Å². The average Bonchev–Trinajstić information content (AvgIpc) is 2.88. The molecule has 0 bridgehead atoms. The zero-order valence-electron chi connectivity index (χ0n) is 20.9. The summed E-state index contributed by atoms with van der Waals surface area (Å²) in [6, 6.07) is 30.4. The maximum atomic E-state index is 12.8. The van der Waals surface area contributed by atoms with Gasteiger partial charge in [0.05, 0.1) is 28.2 Å². The summed E-state index contributed by atoms with van der Waals surface area (Å²) in [6.07, 6.45) is 0. The standard InChI is InChI=1S/C32H27NO4/c1-32(2,3)22-18-25(30(34)35)29(26(19-22)31(36)37)33(27-16-8-12-20-10-4-6-14-23(20)27)28-17-9-13-21-11-5-7-15-24(21)28/h4-19H,1-3H3,(H,34,35)(H,36,37). The van der Waals surface area contributed by atoms with E-state index in [0.717, 1.165) is 21.5 Å². The van der Waals surface area contributed by atoms with Gasteiger partial charge in [0.15, 0.2) is 0 Å². The summed E-state index contributed by atoms with van der Waals surface area (Å²) < 4.78 is 0. The van der Waals surface area contributed by atoms with Crippen molar-refractivity contribution in [3.63, 3.8) is 0 Å². The lowest BCUT2D eigenvalue weighted by Crippen LogP contribution is -2.22. The van der Waals surface area contributed by atoms with Gasteiger partial charge >= 0.3 is 11.9 Å². The number of anilines is 3. The molecule has 0 aliphatic carbocycles. The molecule has 5 aromatic rings. The monoisotopic (exact) mass is 489 g/mol. The molecule has 5 rings (SSSR count). The van der Waals surface area contributed by atoms with Crippen molar-refractivity contribution in [2.45, 2.75) is 26.2 Å². The van der Waals surface area contributed by atoms with Crippen LogP contribution in [0.25, 0.3) is 21.5 Å². The first-order valence-electron chi connectivity index (χ1n) is 12.1. The zero-order valence-corrected chi connectivity index (χ0v) is 20.9. The number of hydrogen-bond donors (Lipinski definition) is 2. The van der Waals surface area contributed by atoms with Gasteiger partial charge < -0.3 is 15.1 Å². The minimum absolute atomic E-state index is 0.0642. The van der Waals surface area contributed by atoms with Gasteiger partial charge in [0.25, 0.3) is 0 Å². The number of hydrogen-bond acceptors (Lipinski definition) is 3. The summed E-state index contributed by atoms with van der Waals surface area (Å²) in [5.41, 5.74) is 1.58. The van der Waals surface area contributed by atoms with Crippen molar-refractivity contribution in [1.29, 1.82) is 0 Å². The molecule has 0 radical (unpaired) electrons. The predicted molar refractivity (Wildman–Crippen MR) is 149 cm³/mol. The van der Waals surface area contributed by atoms with Crippen LogP contribution in [0.3, 0.4) is 0 Å². The fourth-order valence-corrected chi connectivity index (χ4v) is 4.81. The van der Waals surface area contributed by atoms with E-state index in [1.165, 1.54) is 0 Å². The van der Waals surface area contributed by atoms with Crippen LogP contribution in [0.5, 0.6) is 0 Å². The molecule has 2 N–H and O–H groups in total. The van der Waals surface area contributed by atoms with E-state index >= 15 is 0 Å². The highest BCUT2D eigenvalue weighted by molar-refractivity contribution is 6.12. The summed E-state index contributed by atoms with van der Waals surface area (Å²) in [5, 5.41) is 24.5. The van der Waals surface area contributed by atoms with E-state index in [4.69, 9.17) is 0 Å². The Morgan fingerprint density at radius 3 is 1.43 bits per heavy atom. The van der Waals surface area contributed by atoms with Crippen LogP contribution in [0.15, 0.2) is 97.1 Å². The van der Waals surface area contributed by atoms with Crippen molar-refractivity contribution in [1.82, 2.24) is 0 Å². The number of nitrogens with zero attached hydrogens (tertiary/aromatic N) is 1. The van der Waals surface area contributed by atoms with Crippen molar-refractivity contribution in [2.24, 2.45) is 0 Å². The molecule has 0 unspecified atom stereocenters. The Kier molecular flexibility index (Phi) is 5.92. The van der Waals surface area contributed by atoms with Crippen LogP contribution in [-0.2, 0) is 5.41 Å². The number of fused-ring (bicyclic) bond motifs is 2. The second-order valence-corrected chi connectivity index (χ2v) is 10.1. The highest BCUT2D eigenvalue weighted by Crippen LogP contribution is 2.45. The van der Waals surface area contributed by atoms with Crippen molar-refractivity contribution in [3.05, 3.63) is 114 Å². The number of carboxylic acid groups (broad SMARTS) is 2. The third-order valence-electron chi connectivity index (χ3n) is 6.68. The Labute approximate surface area is 215 Å². The average molecular weight is 490 g/mol. The molecule has 0 aromatic heterocycles. The summed E-state index contributed by atoms with van der Waals surface area (Å²) >= 11 is 0. The molecule has 0 fully saturated rings. The van der Waals surface area contributed by atoms with Gasteiger partial charge in [0.2, 0.25) is 0 Å². The molecule has 5 aromatic carbocycles. The molecular formula is C32H27NO4. The smallest absolute Gasteiger partial charge is 0.337 e. The van der Waals surface area contributed by atoms with E-state index in [9.17, 15) is 19.8 Å². The molecular weight excluding hydrogens is 462 g/mol. The molecule has 5 heteroatoms. The first kappa shape index (κ1) is 24.1. The van der Waals surface area contributed by atoms with Gasteiger partial charge in [-0.05, 0) is 46.0 Å². The van der Waals surface area contributed by atoms with Gasteiger partial charge in [-0.2, -0.15) is 0 Å². The lowest BCUT2D eigenvalue weighted by atomic mass is 9.84. The molecule has 5 nitrogen and oxygen atoms in total. The Balaban J connectivity index is 1.98. The Bertz CT molecular complexity index is 1560. The highest BCUT2D eigenvalue weighted by atomic mass is 16.4. The molecule has 0 aliphatic heterocycles. The number of carbonyl (C=O) groups is 2. The first-order chi connectivity index (χ1) is 17.7. The fourth-order valence-electron chi connectivity index (χ4n) is 4.81. The lowest BCUT2D eigenvalue weighted by molar-refractivity contribution is 0.0696. The molecule has 0 atom stereocenters. The summed E-state index contributed by atoms with van der Waals surface area (Å²) in [4.78, 5) is 27.3. The number of rotatable bonds is 5. The third-order valence-corrected chi connectivity index (χ3v) is 6.68. The quantitative estimate of drug-likeness (QED) is 0.260. The van der Waals surface area contributed by atoms with Crippen molar-refractivity contribution in [3.8, 4) is 0 Å². The summed E-state index contributed by atoms with van der Waals surface area (Å²) in [5.74, 6) is -2.37. The van der Waals surface area contributed by atoms with Gasteiger partial charge in [-0.15, -0.1) is 0 Å². The molecule has 0 saturated heterocycles. The van der Waals surface area contributed by atoms with Crippen LogP contribution in [0.2, 0.25) is 0 Å². The topological polar surface area (TPSA) is 77.8 Å². The Morgan fingerprint density at radius 2 is 1.03 bits per heavy atom. The van der Waals surface area contributed by atoms with E-state index in [1.54, 1.807) is 17.0 Å². The molecule has 0 saturated carbocycles. The Morgan fingerprint density at radius 1 is 0.622 bits per heavy atom. The minimum atomic E-state index is -1.19. The highest BCUT2D eigenvalue weighted by Gasteiger charge is 2.30. The minimum Gasteiger partial charge on any atom is -0.478 e. The predicted octanol–water partition coefficient (Wildman–Crippen LogP) is 8.16. The van der Waals surface area contributed by atoms with Gasteiger partial charge in [0, 0.05) is 10.8 Å². The second kappa shape index (κ2) is 9.10. The molecule has 0 spiro atoms. The summed E-state index contributed by atoms with van der Waals surface area (Å²) in [7, 11) is 0. The van der Waals surface area contributed by atoms with Crippen LogP contribution < -0.4 is 4.90 Å². The van der Waals surface area contributed by atoms with Crippen LogP contribution in [0.1, 0.15) is 47.1 Å². The number of carboxylic acids is 2. The molecule has 0 amide bonds. The maximum Gasteiger partial charge on any atom is 0.337 e. The van der Waals surface area contributed by atoms with Crippen LogP contribution in [-0.4, -0.2) is 22.2 Å². The van der Waals surface area contributed by atoms with Crippen molar-refractivity contribution < 1.29 is 19.8 Å². The van der Waals surface area contributed by atoms with E-state index in [-0.39, 0.29) is 16.8 Å². The van der Waals surface area contributed by atoms with E-state index in [2.05, 4.69) is 0 Å². The first-order valence-corrected chi connectivity index (χ1v) is 12.1. The SMILES string of the molecule is CC(C)(C)c1cc(C(=O)O)c(N(c2cccc3ccccc23)c2cccc3ccccc23)c(C(=O)O)c1. The van der Waals surface area contributed by atoms with Gasteiger partial charge in [-0.25, -0.2) is 9.59 Å². The van der Waals surface area contributed by atoms with Crippen LogP contribution in [0, 0.1) is 0 Å². The zero-order chi connectivity index (χ0) is 26.3. The van der Waals surface area contributed by atoms with Crippen LogP contribution in [0.4, 0.5) is 17.1 Å². The molecule has 0 heterocycles. The molecule has 37 heavy (non-hydrogen) atoms. The fraction of sp³-hybridized carbons (Fsp3) is 0.125. The third kappa shape index (κ3) is 4.29. The van der Waals surface area contributed by atoms with Gasteiger partial charge in [-0.1, -0.05) is 93.6 Å². The molecule has 184 valence electrons. The Hall–Kier alpha value is -4.64. The van der Waals surface area contributed by atoms with Gasteiger partial charge in [0.1, 0.15) is 0 Å². The number of benzene rings is 5. The van der Waals surface area contributed by atoms with Crippen molar-refractivity contribution in [2.75, 3.05) is 4.90 Å². The number of aromatic carboxylic acids is 2. The van der Waals surface area contributed by atoms with Crippen LogP contribution >= 0.6 is 0 Å². The van der Waals surface area contributed by atoms with Gasteiger partial charge in [-0.3, -0.25) is 0 Å². The molecule has 0 aliphatic rings. The van der Waals surface area contributed by atoms with Crippen molar-refractivity contribution >= 4 is 50.5 Å². The summed E-state index contributed by atoms with van der Waals surface area (Å²) in [6.45, 7) is 5.81. The van der Waals surface area contributed by atoms with E-state index in [1.807, 2.05) is 106 Å². The normalized spacial score (nSPS) is 11.5. The lowest BCUT2D eigenvalue weighted by Gasteiger charge is -2.31.